The minimum Gasteiger partial charge on any atom is -0.490 e. The lowest BCUT2D eigenvalue weighted by Gasteiger charge is -2.62. The first-order chi connectivity index (χ1) is 21.3. The van der Waals surface area contributed by atoms with E-state index >= 15 is 0 Å². The van der Waals surface area contributed by atoms with Gasteiger partial charge in [-0.25, -0.2) is 4.68 Å². The van der Waals surface area contributed by atoms with E-state index in [1.165, 1.54) is 11.1 Å². The molecule has 8 rings (SSSR count). The molecular weight excluding hydrogens is 575 g/mol. The number of benzene rings is 1. The Bertz CT molecular complexity index is 1480. The van der Waals surface area contributed by atoms with Gasteiger partial charge in [-0.15, -0.1) is 9.24 Å². The highest BCUT2D eigenvalue weighted by Gasteiger charge is 2.77. The third-order valence-electron chi connectivity index (χ3n) is 12.5. The molecule has 0 amide bonds. The van der Waals surface area contributed by atoms with Crippen molar-refractivity contribution in [1.82, 2.24) is 9.78 Å². The van der Waals surface area contributed by atoms with Gasteiger partial charge < -0.3 is 28.8 Å². The van der Waals surface area contributed by atoms with E-state index in [4.69, 9.17) is 28.8 Å². The van der Waals surface area contributed by atoms with Crippen LogP contribution < -0.4 is 4.74 Å². The van der Waals surface area contributed by atoms with E-state index in [-0.39, 0.29) is 30.3 Å². The van der Waals surface area contributed by atoms with Crippen molar-refractivity contribution in [2.45, 2.75) is 70.4 Å². The summed E-state index contributed by atoms with van der Waals surface area (Å²) in [4.78, 5) is 0. The fraction of sp³-hybridized carbons (Fsp3) is 0.629. The maximum atomic E-state index is 12.2. The molecule has 236 valence electrons. The van der Waals surface area contributed by atoms with Gasteiger partial charge in [0.25, 0.3) is 0 Å². The molecular formula is C35H45N2O6P. The van der Waals surface area contributed by atoms with E-state index in [0.29, 0.717) is 37.4 Å². The van der Waals surface area contributed by atoms with Crippen LogP contribution in [0.2, 0.25) is 0 Å². The van der Waals surface area contributed by atoms with Crippen LogP contribution in [0.15, 0.2) is 48.2 Å². The molecule has 2 aliphatic heterocycles. The van der Waals surface area contributed by atoms with Crippen LogP contribution in [-0.2, 0) is 25.4 Å². The molecule has 0 bridgehead atoms. The number of aliphatic hydroxyl groups excluding tert-OH is 1. The first-order valence-corrected chi connectivity index (χ1v) is 17.1. The Kier molecular flexibility index (Phi) is 6.99. The number of rotatable bonds is 5. The zero-order valence-corrected chi connectivity index (χ0v) is 27.2. The van der Waals surface area contributed by atoms with Crippen LogP contribution in [-0.4, -0.2) is 65.3 Å². The van der Waals surface area contributed by atoms with Gasteiger partial charge in [-0.3, -0.25) is 0 Å². The second-order valence-corrected chi connectivity index (χ2v) is 14.9. The van der Waals surface area contributed by atoms with Crippen LogP contribution in [0.3, 0.4) is 0 Å². The summed E-state index contributed by atoms with van der Waals surface area (Å²) < 4.78 is 32.6. The van der Waals surface area contributed by atoms with E-state index < -0.39 is 17.5 Å². The van der Waals surface area contributed by atoms with Gasteiger partial charge in [0.2, 0.25) is 5.79 Å². The molecule has 4 aliphatic carbocycles. The molecule has 2 aromatic rings. The smallest absolute Gasteiger partial charge is 0.226 e. The van der Waals surface area contributed by atoms with Crippen molar-refractivity contribution in [1.29, 1.82) is 0 Å². The Morgan fingerprint density at radius 1 is 1.14 bits per heavy atom. The SMILES string of the molecule is C[C@H]1C[C@@H]2[C@H]([C@@H](O)C[C@@]3(C)[C@H]2CC[C@@]32OCOC23COCO3)[C@@]2(C)Cc3cnn(-c4ccc(OC/C=C\CP)cc4)c3C=C12. The molecule has 6 aliphatic rings. The van der Waals surface area contributed by atoms with Crippen LogP contribution in [0.4, 0.5) is 0 Å². The first kappa shape index (κ1) is 29.3. The van der Waals surface area contributed by atoms with Gasteiger partial charge in [0, 0.05) is 5.41 Å². The third-order valence-corrected chi connectivity index (χ3v) is 12.7. The van der Waals surface area contributed by atoms with Gasteiger partial charge >= 0.3 is 0 Å². The van der Waals surface area contributed by atoms with Crippen molar-refractivity contribution in [2.75, 3.05) is 33.0 Å². The third kappa shape index (κ3) is 3.94. The quantitative estimate of drug-likeness (QED) is 0.348. The lowest BCUT2D eigenvalue weighted by Crippen LogP contribution is -2.66. The molecule has 1 aromatic carbocycles. The van der Waals surface area contributed by atoms with Gasteiger partial charge in [-0.05, 0) is 103 Å². The molecule has 1 aromatic heterocycles. The molecule has 44 heavy (non-hydrogen) atoms. The summed E-state index contributed by atoms with van der Waals surface area (Å²) in [6, 6.07) is 8.19. The maximum Gasteiger partial charge on any atom is 0.226 e. The maximum absolute atomic E-state index is 12.2. The Balaban J connectivity index is 1.09. The summed E-state index contributed by atoms with van der Waals surface area (Å²) in [5.41, 5.74) is 3.89. The molecule has 2 spiro atoms. The number of hydrogen-bond acceptors (Lipinski definition) is 7. The van der Waals surface area contributed by atoms with Crippen molar-refractivity contribution < 1.29 is 28.8 Å². The molecule has 5 fully saturated rings. The molecule has 2 saturated heterocycles. The van der Waals surface area contributed by atoms with Crippen molar-refractivity contribution in [3.8, 4) is 11.4 Å². The number of aliphatic hydroxyl groups is 1. The van der Waals surface area contributed by atoms with Crippen LogP contribution in [0, 0.1) is 34.5 Å². The second kappa shape index (κ2) is 10.5. The van der Waals surface area contributed by atoms with Crippen LogP contribution in [0.1, 0.15) is 57.7 Å². The zero-order valence-electron chi connectivity index (χ0n) is 26.0. The number of fused-ring (bicyclic) bond motifs is 8. The minimum absolute atomic E-state index is 0.139. The number of ether oxygens (including phenoxy) is 5. The molecule has 2 unspecified atom stereocenters. The van der Waals surface area contributed by atoms with Crippen LogP contribution in [0.5, 0.6) is 5.75 Å². The van der Waals surface area contributed by atoms with E-state index in [1.54, 1.807) is 0 Å². The van der Waals surface area contributed by atoms with Gasteiger partial charge in [-0.1, -0.05) is 38.5 Å². The topological polar surface area (TPSA) is 84.2 Å². The van der Waals surface area contributed by atoms with Crippen molar-refractivity contribution in [3.63, 3.8) is 0 Å². The highest BCUT2D eigenvalue weighted by Crippen LogP contribution is 2.72. The fourth-order valence-corrected chi connectivity index (χ4v) is 11.0. The van der Waals surface area contributed by atoms with Gasteiger partial charge in [0.1, 0.15) is 24.6 Å². The highest BCUT2D eigenvalue weighted by molar-refractivity contribution is 7.16. The lowest BCUT2D eigenvalue weighted by molar-refractivity contribution is -0.258. The fourth-order valence-electron chi connectivity index (χ4n) is 10.8. The van der Waals surface area contributed by atoms with Gasteiger partial charge in [0.15, 0.2) is 13.6 Å². The normalized spacial score (nSPS) is 42.4. The summed E-state index contributed by atoms with van der Waals surface area (Å²) >= 11 is 0. The van der Waals surface area contributed by atoms with Crippen LogP contribution in [0.25, 0.3) is 11.8 Å². The second-order valence-electron chi connectivity index (χ2n) is 14.4. The summed E-state index contributed by atoms with van der Waals surface area (Å²) in [5.74, 6) is 1.35. The molecule has 10 atom stereocenters. The van der Waals surface area contributed by atoms with Gasteiger partial charge in [-0.2, -0.15) is 5.10 Å². The number of aromatic nitrogens is 2. The highest BCUT2D eigenvalue weighted by atomic mass is 31.0. The predicted molar refractivity (Wildman–Crippen MR) is 169 cm³/mol. The summed E-state index contributed by atoms with van der Waals surface area (Å²) in [6.07, 6.45) is 13.6. The van der Waals surface area contributed by atoms with E-state index in [9.17, 15) is 5.11 Å². The molecule has 0 radical (unpaired) electrons. The number of nitrogens with zero attached hydrogens (tertiary/aromatic N) is 2. The molecule has 3 heterocycles. The lowest BCUT2D eigenvalue weighted by atomic mass is 9.43. The Morgan fingerprint density at radius 2 is 1.95 bits per heavy atom. The number of allylic oxidation sites excluding steroid dienone is 2. The van der Waals surface area contributed by atoms with Crippen molar-refractivity contribution >= 4 is 15.3 Å². The summed E-state index contributed by atoms with van der Waals surface area (Å²) in [7, 11) is 2.69. The molecule has 9 heteroatoms. The Hall–Kier alpha value is -2.06. The predicted octanol–water partition coefficient (Wildman–Crippen LogP) is 5.53. The van der Waals surface area contributed by atoms with Crippen molar-refractivity contribution in [3.05, 3.63) is 59.4 Å². The molecule has 3 saturated carbocycles. The molecule has 8 nitrogen and oxygen atoms in total. The Labute approximate surface area is 262 Å². The average molecular weight is 621 g/mol. The van der Waals surface area contributed by atoms with E-state index in [2.05, 4.69) is 59.0 Å². The largest absolute Gasteiger partial charge is 0.490 e. The van der Waals surface area contributed by atoms with Gasteiger partial charge in [0.05, 0.1) is 23.7 Å². The average Bonchev–Trinajstić information content (AvgIpc) is 3.78. The van der Waals surface area contributed by atoms with Crippen LogP contribution >= 0.6 is 9.24 Å². The first-order valence-electron chi connectivity index (χ1n) is 16.3. The Morgan fingerprint density at radius 3 is 2.73 bits per heavy atom. The van der Waals surface area contributed by atoms with Crippen molar-refractivity contribution in [2.24, 2.45) is 34.5 Å². The zero-order chi connectivity index (χ0) is 30.3. The van der Waals surface area contributed by atoms with E-state index in [1.807, 2.05) is 24.4 Å². The number of hydrogen-bond donors (Lipinski definition) is 1. The summed E-state index contributed by atoms with van der Waals surface area (Å²) in [6.45, 7) is 8.53. The molecule has 1 N–H and O–H groups in total. The monoisotopic (exact) mass is 620 g/mol. The summed E-state index contributed by atoms with van der Waals surface area (Å²) in [5, 5.41) is 17.1. The standard InChI is InChI=1S/C35H45N2O6P/c1-22-14-26-27-10-11-34(35(43-21-41-34)19-39-20-42-35)33(27,3)17-30(38)31(26)32(2)16-23-18-36-37(29(23)15-28(22)32)24-6-8-25(9-7-24)40-12-4-5-13-44/h4-9,15,18,22,26-27,30-31,38H,10-14,16-17,19-21,44H2,1-3H3/b5-4-/t22-,26-,27-,30-,31+,32-,33-,34+,35?/m0/s1. The van der Waals surface area contributed by atoms with E-state index in [0.717, 1.165) is 49.0 Å². The minimum atomic E-state index is -0.873.